The van der Waals surface area contributed by atoms with E-state index in [-0.39, 0.29) is 21.9 Å². The molecule has 12 nitrogen and oxygen atoms in total. The van der Waals surface area contributed by atoms with Gasteiger partial charge in [0.25, 0.3) is 0 Å². The van der Waals surface area contributed by atoms with Crippen molar-refractivity contribution in [1.82, 2.24) is 36.6 Å². The van der Waals surface area contributed by atoms with E-state index >= 15 is 0 Å². The minimum Gasteiger partial charge on any atom is -0.281 e. The third-order valence-electron chi connectivity index (χ3n) is 10.1. The van der Waals surface area contributed by atoms with E-state index in [1.54, 1.807) is 32.5 Å². The van der Waals surface area contributed by atoms with Gasteiger partial charge in [-0.1, -0.05) is 90.9 Å². The van der Waals surface area contributed by atoms with E-state index in [2.05, 4.69) is 50.4 Å². The number of amides is 2. The average Bonchev–Trinajstić information content (AvgIpc) is 3.19. The number of rotatable bonds is 43. The molecule has 0 aliphatic heterocycles. The van der Waals surface area contributed by atoms with Crippen molar-refractivity contribution in [2.45, 2.75) is 187 Å². The molecule has 56 heavy (non-hydrogen) atoms. The number of carbonyl (C=O) groups is 3. The van der Waals surface area contributed by atoms with Crippen LogP contribution < -0.4 is 47.9 Å². The number of esters is 1. The minimum atomic E-state index is -0.556. The van der Waals surface area contributed by atoms with E-state index in [4.69, 9.17) is 4.74 Å². The molecule has 0 atom stereocenters. The van der Waals surface area contributed by atoms with Crippen LogP contribution in [0.4, 0.5) is 4.79 Å². The fourth-order valence-electron chi connectivity index (χ4n) is 6.59. The fraction of sp³-hybridized carbons (Fsp3) is 0.907. The molecule has 0 spiro atoms. The Hall–Kier alpha value is -1.55. The van der Waals surface area contributed by atoms with Gasteiger partial charge in [-0.05, 0) is 32.1 Å². The zero-order valence-electron chi connectivity index (χ0n) is 36.8. The van der Waals surface area contributed by atoms with Crippen molar-refractivity contribution in [2.24, 2.45) is 4.99 Å². The minimum absolute atomic E-state index is 0.00388. The second kappa shape index (κ2) is 43.0. The van der Waals surface area contributed by atoms with E-state index in [0.29, 0.717) is 26.2 Å². The number of aliphatic imine (C=N–C) groups is 1. The molecular weight excluding hydrogens is 819 g/mol. The van der Waals surface area contributed by atoms with Crippen LogP contribution in [0.15, 0.2) is 4.99 Å². The maximum absolute atomic E-state index is 12.8. The maximum atomic E-state index is 12.8. The summed E-state index contributed by atoms with van der Waals surface area (Å²) >= 11 is -0.556. The van der Waals surface area contributed by atoms with Crippen LogP contribution in [0.3, 0.4) is 0 Å². The Balaban J connectivity index is 4.38. The van der Waals surface area contributed by atoms with Crippen molar-refractivity contribution in [3.8, 4) is 0 Å². The Kier molecular flexibility index (Phi) is 41.8. The van der Waals surface area contributed by atoms with Crippen molar-refractivity contribution >= 4 is 22.1 Å². The van der Waals surface area contributed by atoms with E-state index in [1.807, 2.05) is 0 Å². The summed E-state index contributed by atoms with van der Waals surface area (Å²) in [6, 6.07) is 0. The van der Waals surface area contributed by atoms with Gasteiger partial charge in [0.2, 0.25) is 5.91 Å². The first-order chi connectivity index (χ1) is 27.4. The number of alkyl halides is 1. The molecule has 0 bridgehead atoms. The van der Waals surface area contributed by atoms with Gasteiger partial charge in [-0.3, -0.25) is 14.6 Å². The number of unbranched alkanes of at least 4 members (excludes halogenated alkanes) is 17. The molecule has 0 aliphatic carbocycles. The fourth-order valence-corrected chi connectivity index (χ4v) is 8.02. The van der Waals surface area contributed by atoms with Crippen molar-refractivity contribution in [2.75, 3.05) is 65.2 Å². The molecule has 332 valence electrons. The van der Waals surface area contributed by atoms with Crippen LogP contribution in [0.1, 0.15) is 181 Å². The van der Waals surface area contributed by atoms with Crippen LogP contribution in [0, 0.1) is 0 Å². The molecule has 0 unspecified atom stereocenters. The summed E-state index contributed by atoms with van der Waals surface area (Å²) in [5.41, 5.74) is 2.90. The van der Waals surface area contributed by atoms with Gasteiger partial charge in [-0.25, -0.2) is 5.43 Å². The SMILES string of the molecule is CCCCCCCCC(CCCCCCCC)OC(=O)CCCCCCCN(CCCCCCNC(=O)[I-]CNCNCNC=NC)CCCC(=O)N(C)NC. The molecule has 0 saturated carbocycles. The van der Waals surface area contributed by atoms with Crippen LogP contribution in [0.2, 0.25) is 0 Å². The Morgan fingerprint density at radius 2 is 1.23 bits per heavy atom. The monoisotopic (exact) mass is 908 g/mol. The molecule has 0 fully saturated rings. The molecule has 13 heteroatoms. The third-order valence-corrected chi connectivity index (χ3v) is 12.1. The molecule has 0 aromatic carbocycles. The summed E-state index contributed by atoms with van der Waals surface area (Å²) in [7, 11) is 5.26. The summed E-state index contributed by atoms with van der Waals surface area (Å²) in [5, 5.41) is 14.1. The van der Waals surface area contributed by atoms with Crippen molar-refractivity contribution < 1.29 is 40.3 Å². The molecule has 0 rings (SSSR count). The van der Waals surface area contributed by atoms with Gasteiger partial charge in [0.1, 0.15) is 6.10 Å². The summed E-state index contributed by atoms with van der Waals surface area (Å²) in [6.45, 7) is 9.58. The van der Waals surface area contributed by atoms with Crippen LogP contribution in [0.25, 0.3) is 0 Å². The summed E-state index contributed by atoms with van der Waals surface area (Å²) in [4.78, 5) is 43.7. The first kappa shape index (κ1) is 54.5. The normalized spacial score (nSPS) is 11.6. The molecule has 5 N–H and O–H groups in total. The van der Waals surface area contributed by atoms with E-state index in [1.165, 1.54) is 77.0 Å². The van der Waals surface area contributed by atoms with Crippen LogP contribution in [0.5, 0.6) is 0 Å². The molecule has 0 aliphatic rings. The zero-order chi connectivity index (χ0) is 41.2. The van der Waals surface area contributed by atoms with Gasteiger partial charge in [0.15, 0.2) is 0 Å². The van der Waals surface area contributed by atoms with Crippen LogP contribution in [-0.4, -0.2) is 103 Å². The van der Waals surface area contributed by atoms with E-state index < -0.39 is 21.2 Å². The van der Waals surface area contributed by atoms with Gasteiger partial charge >= 0.3 is 176 Å². The number of nitrogens with zero attached hydrogens (tertiary/aromatic N) is 3. The molecular formula is C43H88IN8O4-. The van der Waals surface area contributed by atoms with Crippen LogP contribution >= 0.6 is 0 Å². The number of nitrogens with one attached hydrogen (secondary N) is 5. The van der Waals surface area contributed by atoms with Gasteiger partial charge in [-0.15, -0.1) is 0 Å². The quantitative estimate of drug-likeness (QED) is 0.00543. The zero-order valence-corrected chi connectivity index (χ0v) is 39.0. The van der Waals surface area contributed by atoms with E-state index in [9.17, 15) is 14.4 Å². The predicted octanol–water partition coefficient (Wildman–Crippen LogP) is 5.07. The van der Waals surface area contributed by atoms with Gasteiger partial charge in [0, 0.05) is 20.5 Å². The van der Waals surface area contributed by atoms with Crippen LogP contribution in [-0.2, 0) is 14.3 Å². The molecule has 2 amide bonds. The Bertz CT molecular complexity index is 916. The number of ether oxygens (including phenoxy) is 1. The smallest absolute Gasteiger partial charge is 0.281 e. The number of hydrogen-bond acceptors (Lipinski definition) is 9. The predicted molar refractivity (Wildman–Crippen MR) is 231 cm³/mol. The third kappa shape index (κ3) is 38.0. The van der Waals surface area contributed by atoms with Crippen molar-refractivity contribution in [1.29, 1.82) is 0 Å². The average molecular weight is 908 g/mol. The van der Waals surface area contributed by atoms with Gasteiger partial charge < -0.3 is 4.74 Å². The number of carbonyl (C=O) groups excluding carboxylic acids is 3. The first-order valence-electron chi connectivity index (χ1n) is 22.7. The van der Waals surface area contributed by atoms with Gasteiger partial charge in [-0.2, -0.15) is 0 Å². The summed E-state index contributed by atoms with van der Waals surface area (Å²) in [5.74, 6) is 0.123. The molecule has 0 heterocycles. The summed E-state index contributed by atoms with van der Waals surface area (Å²) < 4.78 is 7.00. The second-order valence-electron chi connectivity index (χ2n) is 15.2. The summed E-state index contributed by atoms with van der Waals surface area (Å²) in [6.07, 6.45) is 30.8. The second-order valence-corrected chi connectivity index (χ2v) is 17.7. The topological polar surface area (TPSA) is 139 Å². The number of hydrogen-bond donors (Lipinski definition) is 5. The number of hydrazine groups is 1. The standard InChI is InChI=1S/C43H88IN8O4/c1-6-8-10-12-15-21-28-40(29-22-16-13-11-9-7-2)56-42(54)31-23-17-14-19-25-33-52(35-27-30-41(53)51(5)46-4)34-26-20-18-24-32-50-43(55)44-36-47-38-49-39-48-37-45-3/h37,40,46-47,49H,6-36,38-39H2,1-5H3,(H,45,48)(H,50,55)/q-1. The molecule has 0 saturated heterocycles. The van der Waals surface area contributed by atoms with Crippen molar-refractivity contribution in [3.63, 3.8) is 0 Å². The van der Waals surface area contributed by atoms with Crippen molar-refractivity contribution in [3.05, 3.63) is 0 Å². The van der Waals surface area contributed by atoms with Gasteiger partial charge in [0.05, 0.1) is 0 Å². The number of halogens is 1. The first-order valence-corrected chi connectivity index (χ1v) is 25.3. The molecule has 0 radical (unpaired) electrons. The Morgan fingerprint density at radius 1 is 0.679 bits per heavy atom. The van der Waals surface area contributed by atoms with E-state index in [0.717, 1.165) is 108 Å². The Morgan fingerprint density at radius 3 is 1.84 bits per heavy atom. The molecule has 0 aromatic heterocycles. The molecule has 0 aromatic rings. The Labute approximate surface area is 354 Å².